The summed E-state index contributed by atoms with van der Waals surface area (Å²) in [6.07, 6.45) is 83.3. The van der Waals surface area contributed by atoms with Gasteiger partial charge in [-0.25, -0.2) is 0 Å². The summed E-state index contributed by atoms with van der Waals surface area (Å²) in [5.41, 5.74) is 0. The maximum Gasteiger partial charge on any atom is 0.306 e. The number of rotatable bonds is 58. The number of ether oxygens (including phenoxy) is 3. The van der Waals surface area contributed by atoms with Gasteiger partial charge in [0.25, 0.3) is 0 Å². The molecular weight excluding hydrogens is 925 g/mol. The molecule has 0 radical (unpaired) electrons. The molecule has 1 atom stereocenters. The molecule has 0 saturated heterocycles. The van der Waals surface area contributed by atoms with Crippen LogP contribution in [0.3, 0.4) is 0 Å². The molecule has 0 aromatic rings. The molecule has 0 aliphatic heterocycles. The van der Waals surface area contributed by atoms with E-state index in [9.17, 15) is 14.4 Å². The van der Waals surface area contributed by atoms with E-state index in [-0.39, 0.29) is 31.1 Å². The minimum atomic E-state index is -0.777. The van der Waals surface area contributed by atoms with Gasteiger partial charge in [-0.1, -0.05) is 305 Å². The highest BCUT2D eigenvalue weighted by atomic mass is 16.6. The molecule has 0 spiro atoms. The molecule has 0 aliphatic carbocycles. The van der Waals surface area contributed by atoms with Gasteiger partial charge in [-0.2, -0.15) is 0 Å². The Morgan fingerprint density at radius 3 is 0.813 bits per heavy atom. The van der Waals surface area contributed by atoms with Crippen molar-refractivity contribution in [1.29, 1.82) is 0 Å². The van der Waals surface area contributed by atoms with Crippen LogP contribution in [0.4, 0.5) is 0 Å². The Hall–Kier alpha value is -3.41. The van der Waals surface area contributed by atoms with Crippen molar-refractivity contribution >= 4 is 17.9 Å². The first kappa shape index (κ1) is 71.6. The lowest BCUT2D eigenvalue weighted by Crippen LogP contribution is -2.30. The van der Waals surface area contributed by atoms with Gasteiger partial charge in [0, 0.05) is 19.3 Å². The van der Waals surface area contributed by atoms with Crippen molar-refractivity contribution in [1.82, 2.24) is 0 Å². The Bertz CT molecular complexity index is 1430. The maximum atomic E-state index is 12.9. The molecule has 0 fully saturated rings. The summed E-state index contributed by atoms with van der Waals surface area (Å²) in [5.74, 6) is -0.881. The molecule has 6 heteroatoms. The van der Waals surface area contributed by atoms with E-state index < -0.39 is 6.10 Å². The van der Waals surface area contributed by atoms with Crippen LogP contribution < -0.4 is 0 Å². The molecule has 0 bridgehead atoms. The average Bonchev–Trinajstić information content (AvgIpc) is 3.41. The Kier molecular flexibility index (Phi) is 60.3. The number of unbranched alkanes of at least 4 members (excludes halogenated alkanes) is 33. The largest absolute Gasteiger partial charge is 0.462 e. The van der Waals surface area contributed by atoms with Crippen LogP contribution in [-0.4, -0.2) is 37.2 Å². The van der Waals surface area contributed by atoms with E-state index in [1.54, 1.807) is 0 Å². The highest BCUT2D eigenvalue weighted by Crippen LogP contribution is 2.17. The lowest BCUT2D eigenvalue weighted by molar-refractivity contribution is -0.167. The standard InChI is InChI=1S/C69H120O6/c1-4-7-10-13-16-18-20-22-24-26-28-30-31-32-33-34-35-36-37-39-40-42-44-46-48-50-53-56-59-62-68(71)74-65-66(64-73-67(70)61-58-55-52-15-12-9-6-3)75-69(72)63-60-57-54-51-49-47-45-43-41-38-29-27-25-23-21-19-17-14-11-8-5-2/h7,10,16,18,22,24,28,30,32-33,35-36,39-40,66H,4-6,8-9,11-15,17,19-21,23,25-27,29,31,34,37-38,41-65H2,1-3H3/b10-7-,18-16-,24-22-,30-28-,33-32-,36-35-,40-39-. The van der Waals surface area contributed by atoms with Crippen molar-refractivity contribution < 1.29 is 28.6 Å². The summed E-state index contributed by atoms with van der Waals surface area (Å²) in [7, 11) is 0. The summed E-state index contributed by atoms with van der Waals surface area (Å²) >= 11 is 0. The smallest absolute Gasteiger partial charge is 0.306 e. The van der Waals surface area contributed by atoms with Crippen LogP contribution in [0.5, 0.6) is 0 Å². The number of hydrogen-bond donors (Lipinski definition) is 0. The van der Waals surface area contributed by atoms with Gasteiger partial charge in [0.1, 0.15) is 13.2 Å². The topological polar surface area (TPSA) is 78.9 Å². The van der Waals surface area contributed by atoms with Gasteiger partial charge >= 0.3 is 17.9 Å². The second-order valence-electron chi connectivity index (χ2n) is 21.3. The maximum absolute atomic E-state index is 12.9. The van der Waals surface area contributed by atoms with Gasteiger partial charge in [-0.3, -0.25) is 14.4 Å². The second kappa shape index (κ2) is 63.1. The third-order valence-electron chi connectivity index (χ3n) is 13.9. The number of carbonyl (C=O) groups is 3. The zero-order chi connectivity index (χ0) is 54.3. The SMILES string of the molecule is CC/C=C\C/C=C\C/C=C\C/C=C\C/C=C\C/C=C\C/C=C\CCCCCCCCCC(=O)OCC(COC(=O)CCCCCCCCC)OC(=O)CCCCCCCCCCCCCCCCCCCCCCC. The van der Waals surface area contributed by atoms with Crippen LogP contribution in [0.1, 0.15) is 316 Å². The molecule has 0 aromatic carbocycles. The average molecular weight is 1050 g/mol. The molecule has 75 heavy (non-hydrogen) atoms. The van der Waals surface area contributed by atoms with Crippen LogP contribution in [0.2, 0.25) is 0 Å². The van der Waals surface area contributed by atoms with Crippen molar-refractivity contribution in [2.45, 2.75) is 322 Å². The molecule has 432 valence electrons. The Morgan fingerprint density at radius 1 is 0.280 bits per heavy atom. The first-order valence-corrected chi connectivity index (χ1v) is 32.1. The number of hydrogen-bond acceptors (Lipinski definition) is 6. The van der Waals surface area contributed by atoms with Crippen molar-refractivity contribution in [2.75, 3.05) is 13.2 Å². The summed E-state index contributed by atoms with van der Waals surface area (Å²) < 4.78 is 16.8. The molecule has 0 heterocycles. The predicted octanol–water partition coefficient (Wildman–Crippen LogP) is 21.9. The van der Waals surface area contributed by atoms with Gasteiger partial charge in [0.2, 0.25) is 0 Å². The number of esters is 3. The molecule has 0 aliphatic rings. The molecule has 6 nitrogen and oxygen atoms in total. The fourth-order valence-corrected chi connectivity index (χ4v) is 9.13. The molecule has 0 N–H and O–H groups in total. The third kappa shape index (κ3) is 61.3. The van der Waals surface area contributed by atoms with Gasteiger partial charge in [0.05, 0.1) is 0 Å². The summed E-state index contributed by atoms with van der Waals surface area (Å²) in [4.78, 5) is 38.1. The molecule has 0 aromatic heterocycles. The van der Waals surface area contributed by atoms with Crippen LogP contribution in [0.15, 0.2) is 85.1 Å². The Morgan fingerprint density at radius 2 is 0.520 bits per heavy atom. The highest BCUT2D eigenvalue weighted by Gasteiger charge is 2.19. The van der Waals surface area contributed by atoms with E-state index in [1.165, 1.54) is 167 Å². The van der Waals surface area contributed by atoms with E-state index in [4.69, 9.17) is 14.2 Å². The Labute approximate surface area is 465 Å². The first-order chi connectivity index (χ1) is 37.0. The zero-order valence-corrected chi connectivity index (χ0v) is 49.6. The van der Waals surface area contributed by atoms with E-state index in [1.807, 2.05) is 0 Å². The van der Waals surface area contributed by atoms with Crippen molar-refractivity contribution in [3.63, 3.8) is 0 Å². The van der Waals surface area contributed by atoms with Crippen LogP contribution >= 0.6 is 0 Å². The van der Waals surface area contributed by atoms with Gasteiger partial charge in [-0.15, -0.1) is 0 Å². The van der Waals surface area contributed by atoms with Crippen LogP contribution in [0.25, 0.3) is 0 Å². The highest BCUT2D eigenvalue weighted by molar-refractivity contribution is 5.71. The Balaban J connectivity index is 4.15. The third-order valence-corrected chi connectivity index (χ3v) is 13.9. The van der Waals surface area contributed by atoms with E-state index in [0.29, 0.717) is 19.3 Å². The normalized spacial score (nSPS) is 12.6. The minimum Gasteiger partial charge on any atom is -0.462 e. The van der Waals surface area contributed by atoms with Crippen LogP contribution in [0, 0.1) is 0 Å². The number of allylic oxidation sites excluding steroid dienone is 14. The molecule has 0 rings (SSSR count). The summed E-state index contributed by atoms with van der Waals surface area (Å²) in [5, 5.41) is 0. The first-order valence-electron chi connectivity index (χ1n) is 32.1. The fraction of sp³-hybridized carbons (Fsp3) is 0.754. The quantitative estimate of drug-likeness (QED) is 0.0261. The summed E-state index contributed by atoms with van der Waals surface area (Å²) in [6, 6.07) is 0. The van der Waals surface area contributed by atoms with Crippen LogP contribution in [-0.2, 0) is 28.6 Å². The van der Waals surface area contributed by atoms with E-state index >= 15 is 0 Å². The monoisotopic (exact) mass is 1040 g/mol. The summed E-state index contributed by atoms with van der Waals surface area (Å²) in [6.45, 7) is 6.51. The zero-order valence-electron chi connectivity index (χ0n) is 49.6. The second-order valence-corrected chi connectivity index (χ2v) is 21.3. The fourth-order valence-electron chi connectivity index (χ4n) is 9.13. The van der Waals surface area contributed by atoms with Gasteiger partial charge in [0.15, 0.2) is 6.10 Å². The predicted molar refractivity (Wildman–Crippen MR) is 325 cm³/mol. The van der Waals surface area contributed by atoms with E-state index in [0.717, 1.165) is 109 Å². The lowest BCUT2D eigenvalue weighted by Gasteiger charge is -2.18. The molecular formula is C69H120O6. The van der Waals surface area contributed by atoms with Gasteiger partial charge < -0.3 is 14.2 Å². The van der Waals surface area contributed by atoms with Crippen molar-refractivity contribution in [3.8, 4) is 0 Å². The lowest BCUT2D eigenvalue weighted by atomic mass is 10.0. The molecule has 1 unspecified atom stereocenters. The van der Waals surface area contributed by atoms with E-state index in [2.05, 4.69) is 106 Å². The minimum absolute atomic E-state index is 0.0765. The molecule has 0 amide bonds. The van der Waals surface area contributed by atoms with Crippen molar-refractivity contribution in [2.24, 2.45) is 0 Å². The molecule has 0 saturated carbocycles. The van der Waals surface area contributed by atoms with Crippen molar-refractivity contribution in [3.05, 3.63) is 85.1 Å². The van der Waals surface area contributed by atoms with Gasteiger partial charge in [-0.05, 0) is 77.0 Å². The number of carbonyl (C=O) groups excluding carboxylic acids is 3.